The first-order valence-corrected chi connectivity index (χ1v) is 21.4. The second-order valence-electron chi connectivity index (χ2n) is 12.6. The van der Waals surface area contributed by atoms with Crippen LogP contribution in [0.3, 0.4) is 0 Å². The number of carbonyl (C=O) groups is 3. The van der Waals surface area contributed by atoms with Crippen LogP contribution in [-0.4, -0.2) is 47.3 Å². The Morgan fingerprint density at radius 1 is 0.717 bits per heavy atom. The van der Waals surface area contributed by atoms with Crippen LogP contribution in [0.2, 0.25) is 0 Å². The Balaban J connectivity index is 1.14. The van der Waals surface area contributed by atoms with Gasteiger partial charge in [0.15, 0.2) is 0 Å². The average Bonchev–Trinajstić information content (AvgIpc) is 3.61. The van der Waals surface area contributed by atoms with Crippen molar-refractivity contribution in [3.63, 3.8) is 0 Å². The smallest absolute Gasteiger partial charge is 0.256 e. The SMILES string of the molecule is CC/C=C\C/C=C\C/C=C\C/C=C\C/C=C\C/C=C\CCC(=O)NCCSSCCNC(=O)CCc1c(C)[nH]c(/C=C2\C(=O)Nc3ccccc32)c1C. The monoisotopic (exact) mass is 754 g/mol. The number of aromatic amines is 1. The van der Waals surface area contributed by atoms with Crippen molar-refractivity contribution in [3.05, 3.63) is 125 Å². The van der Waals surface area contributed by atoms with Gasteiger partial charge >= 0.3 is 0 Å². The molecule has 7 nitrogen and oxygen atoms in total. The van der Waals surface area contributed by atoms with Crippen LogP contribution < -0.4 is 16.0 Å². The molecule has 53 heavy (non-hydrogen) atoms. The Bertz CT molecular complexity index is 1660. The van der Waals surface area contributed by atoms with Gasteiger partial charge < -0.3 is 20.9 Å². The van der Waals surface area contributed by atoms with Crippen molar-refractivity contribution in [2.75, 3.05) is 29.9 Å². The summed E-state index contributed by atoms with van der Waals surface area (Å²) in [6.07, 6.45) is 36.2. The van der Waals surface area contributed by atoms with E-state index in [4.69, 9.17) is 0 Å². The van der Waals surface area contributed by atoms with Gasteiger partial charge in [0.25, 0.3) is 5.91 Å². The van der Waals surface area contributed by atoms with Crippen LogP contribution in [0.15, 0.2) is 97.2 Å². The van der Waals surface area contributed by atoms with Crippen LogP contribution >= 0.6 is 21.6 Å². The van der Waals surface area contributed by atoms with Gasteiger partial charge in [0, 0.05) is 60.1 Å². The fourth-order valence-electron chi connectivity index (χ4n) is 5.61. The fraction of sp³-hybridized carbons (Fsp3) is 0.386. The first kappa shape index (κ1) is 43.2. The molecular formula is C44H58N4O3S2. The van der Waals surface area contributed by atoms with Gasteiger partial charge in [-0.05, 0) is 88.5 Å². The molecule has 1 aliphatic rings. The zero-order chi connectivity index (χ0) is 37.9. The number of allylic oxidation sites excluding steroid dienone is 12. The first-order chi connectivity index (χ1) is 25.9. The molecule has 3 amide bonds. The normalized spacial score (nSPS) is 13.9. The predicted molar refractivity (Wildman–Crippen MR) is 230 cm³/mol. The summed E-state index contributed by atoms with van der Waals surface area (Å²) in [6.45, 7) is 7.43. The van der Waals surface area contributed by atoms with Crippen LogP contribution in [0.25, 0.3) is 11.6 Å². The average molecular weight is 755 g/mol. The zero-order valence-electron chi connectivity index (χ0n) is 31.8. The lowest BCUT2D eigenvalue weighted by atomic mass is 10.0. The highest BCUT2D eigenvalue weighted by Crippen LogP contribution is 2.33. The van der Waals surface area contributed by atoms with Gasteiger partial charge in [-0.25, -0.2) is 0 Å². The predicted octanol–water partition coefficient (Wildman–Crippen LogP) is 10.1. The molecular weight excluding hydrogens is 697 g/mol. The van der Waals surface area contributed by atoms with Crippen LogP contribution in [0, 0.1) is 13.8 Å². The quantitative estimate of drug-likeness (QED) is 0.0350. The number of nitrogens with one attached hydrogen (secondary N) is 4. The molecule has 1 aromatic carbocycles. The number of para-hydroxylation sites is 1. The lowest BCUT2D eigenvalue weighted by Crippen LogP contribution is -2.26. The van der Waals surface area contributed by atoms with E-state index in [0.717, 1.165) is 90.2 Å². The molecule has 0 saturated heterocycles. The van der Waals surface area contributed by atoms with Gasteiger partial charge in [-0.15, -0.1) is 0 Å². The summed E-state index contributed by atoms with van der Waals surface area (Å²) in [5.74, 6) is 1.62. The number of aryl methyl sites for hydroxylation is 1. The van der Waals surface area contributed by atoms with Gasteiger partial charge in [0.2, 0.25) is 11.8 Å². The van der Waals surface area contributed by atoms with E-state index in [9.17, 15) is 14.4 Å². The van der Waals surface area contributed by atoms with Gasteiger partial charge in [0.1, 0.15) is 0 Å². The van der Waals surface area contributed by atoms with E-state index in [1.165, 1.54) is 0 Å². The maximum atomic E-state index is 12.5. The molecule has 0 unspecified atom stereocenters. The third-order valence-corrected chi connectivity index (χ3v) is 10.9. The van der Waals surface area contributed by atoms with Gasteiger partial charge in [-0.1, -0.05) is 120 Å². The van der Waals surface area contributed by atoms with Gasteiger partial charge in [-0.3, -0.25) is 14.4 Å². The summed E-state index contributed by atoms with van der Waals surface area (Å²) in [4.78, 5) is 40.6. The summed E-state index contributed by atoms with van der Waals surface area (Å²) < 4.78 is 0. The summed E-state index contributed by atoms with van der Waals surface area (Å²) in [5.41, 5.74) is 6.46. The molecule has 2 aromatic rings. The van der Waals surface area contributed by atoms with Crippen molar-refractivity contribution in [3.8, 4) is 0 Å². The maximum absolute atomic E-state index is 12.5. The highest BCUT2D eigenvalue weighted by atomic mass is 33.1. The third-order valence-electron chi connectivity index (χ3n) is 8.47. The standard InChI is InChI=1S/C44H58N4O3S2/c1-4-5-6-7-8-9-10-11-12-13-14-15-16-17-18-19-20-21-22-27-42(49)45-30-32-52-53-33-31-46-43(50)29-28-37-35(2)41(47-36(37)3)34-39-38-25-23-24-26-40(38)48-44(39)51/h5-6,8-9,11-12,14-15,17-18,20-21,23-26,34,47H,4,7,10,13,16,19,22,27-33H2,1-3H3,(H,45,49)(H,46,50)(H,48,51)/b6-5-,9-8-,12-11-,15-14-,18-17-,21-20-,39-34-. The van der Waals surface area contributed by atoms with E-state index in [1.807, 2.05) is 44.2 Å². The minimum atomic E-state index is -0.104. The molecule has 4 N–H and O–H groups in total. The summed E-state index contributed by atoms with van der Waals surface area (Å²) in [6, 6.07) is 7.68. The van der Waals surface area contributed by atoms with Crippen LogP contribution in [0.1, 0.15) is 92.8 Å². The molecule has 1 aromatic heterocycles. The number of benzene rings is 1. The zero-order valence-corrected chi connectivity index (χ0v) is 33.4. The van der Waals surface area contributed by atoms with Crippen molar-refractivity contribution in [2.45, 2.75) is 85.0 Å². The molecule has 2 heterocycles. The van der Waals surface area contributed by atoms with E-state index >= 15 is 0 Å². The number of hydrogen-bond acceptors (Lipinski definition) is 5. The van der Waals surface area contributed by atoms with Gasteiger partial charge in [0.05, 0.1) is 5.57 Å². The maximum Gasteiger partial charge on any atom is 0.256 e. The molecule has 0 saturated carbocycles. The molecule has 9 heteroatoms. The van der Waals surface area contributed by atoms with E-state index in [2.05, 4.69) is 101 Å². The topological polar surface area (TPSA) is 103 Å². The Kier molecular flexibility index (Phi) is 21.6. The minimum Gasteiger partial charge on any atom is -0.359 e. The van der Waals surface area contributed by atoms with E-state index in [1.54, 1.807) is 21.6 Å². The number of anilines is 1. The van der Waals surface area contributed by atoms with Crippen LogP contribution in [-0.2, 0) is 20.8 Å². The molecule has 1 aliphatic heterocycles. The summed E-state index contributed by atoms with van der Waals surface area (Å²) >= 11 is 0. The molecule has 284 valence electrons. The van der Waals surface area contributed by atoms with E-state index < -0.39 is 0 Å². The Morgan fingerprint density at radius 2 is 1.25 bits per heavy atom. The lowest BCUT2D eigenvalue weighted by Gasteiger charge is -2.07. The number of fused-ring (bicyclic) bond motifs is 1. The van der Waals surface area contributed by atoms with E-state index in [0.29, 0.717) is 37.9 Å². The Morgan fingerprint density at radius 3 is 1.83 bits per heavy atom. The van der Waals surface area contributed by atoms with Gasteiger partial charge in [-0.2, -0.15) is 0 Å². The summed E-state index contributed by atoms with van der Waals surface area (Å²) in [5, 5.41) is 8.91. The Hall–Kier alpha value is -4.21. The number of carbonyl (C=O) groups excluding carboxylic acids is 3. The van der Waals surface area contributed by atoms with Crippen molar-refractivity contribution in [1.82, 2.24) is 15.6 Å². The lowest BCUT2D eigenvalue weighted by molar-refractivity contribution is -0.121. The van der Waals surface area contributed by atoms with Crippen LogP contribution in [0.4, 0.5) is 5.69 Å². The second-order valence-corrected chi connectivity index (χ2v) is 15.3. The molecule has 0 aliphatic carbocycles. The number of rotatable bonds is 25. The number of aromatic nitrogens is 1. The third kappa shape index (κ3) is 17.4. The van der Waals surface area contributed by atoms with Crippen molar-refractivity contribution in [2.24, 2.45) is 0 Å². The second kappa shape index (κ2) is 26.5. The number of hydrogen-bond donors (Lipinski definition) is 4. The van der Waals surface area contributed by atoms with Crippen molar-refractivity contribution >= 4 is 56.6 Å². The Labute approximate surface area is 325 Å². The molecule has 0 bridgehead atoms. The number of H-pyrrole nitrogens is 1. The van der Waals surface area contributed by atoms with Crippen LogP contribution in [0.5, 0.6) is 0 Å². The molecule has 0 radical (unpaired) electrons. The molecule has 0 atom stereocenters. The highest BCUT2D eigenvalue weighted by Gasteiger charge is 2.24. The molecule has 3 rings (SSSR count). The van der Waals surface area contributed by atoms with E-state index in [-0.39, 0.29) is 17.7 Å². The minimum absolute atomic E-state index is 0.0266. The largest absolute Gasteiger partial charge is 0.359 e. The summed E-state index contributed by atoms with van der Waals surface area (Å²) in [7, 11) is 3.40. The molecule has 0 fully saturated rings. The number of amides is 3. The first-order valence-electron chi connectivity index (χ1n) is 18.9. The molecule has 0 spiro atoms. The van der Waals surface area contributed by atoms with Crippen molar-refractivity contribution < 1.29 is 14.4 Å². The highest BCUT2D eigenvalue weighted by molar-refractivity contribution is 8.76. The van der Waals surface area contributed by atoms with Crippen molar-refractivity contribution in [1.29, 1.82) is 0 Å². The fourth-order valence-corrected chi connectivity index (χ4v) is 7.43.